The van der Waals surface area contributed by atoms with Crippen molar-refractivity contribution >= 4 is 11.3 Å². The van der Waals surface area contributed by atoms with Crippen LogP contribution in [0.4, 0.5) is 0 Å². The van der Waals surface area contributed by atoms with Crippen LogP contribution in [0.5, 0.6) is 0 Å². The van der Waals surface area contributed by atoms with E-state index in [0.717, 1.165) is 11.1 Å². The Morgan fingerprint density at radius 3 is 2.67 bits per heavy atom. The first-order valence-corrected chi connectivity index (χ1v) is 5.02. The van der Waals surface area contributed by atoms with Crippen molar-refractivity contribution in [2.75, 3.05) is 0 Å². The maximum atomic E-state index is 12.0. The Labute approximate surface area is 88.7 Å². The van der Waals surface area contributed by atoms with Crippen LogP contribution in [0.25, 0.3) is 5.52 Å². The molecule has 2 aromatic rings. The number of carbonyl (C=O) groups is 1. The van der Waals surface area contributed by atoms with Gasteiger partial charge in [-0.05, 0) is 6.07 Å². The van der Waals surface area contributed by atoms with Gasteiger partial charge in [0.15, 0.2) is 5.78 Å². The van der Waals surface area contributed by atoms with Crippen molar-refractivity contribution in [1.82, 2.24) is 5.10 Å². The summed E-state index contributed by atoms with van der Waals surface area (Å²) in [5.74, 6) is 0.159. The molecule has 0 spiro atoms. The minimum Gasteiger partial charge on any atom is -0.293 e. The molecule has 0 radical (unpaired) electrons. The zero-order valence-corrected chi connectivity index (χ0v) is 9.24. The fourth-order valence-corrected chi connectivity index (χ4v) is 1.53. The van der Waals surface area contributed by atoms with Crippen LogP contribution in [0.1, 0.15) is 31.1 Å². The zero-order chi connectivity index (χ0) is 11.1. The van der Waals surface area contributed by atoms with E-state index in [2.05, 4.69) is 5.10 Å². The fraction of sp³-hybridized carbons (Fsp3) is 0.333. The molecule has 0 atom stereocenters. The summed E-state index contributed by atoms with van der Waals surface area (Å²) in [6, 6.07) is 5.78. The molecule has 2 aromatic heterocycles. The molecular formula is C12H15N2O+. The zero-order valence-electron chi connectivity index (χ0n) is 9.24. The number of nitrogens with zero attached hydrogens (tertiary/aromatic N) is 1. The topological polar surface area (TPSA) is 37.0 Å². The van der Waals surface area contributed by atoms with Crippen molar-refractivity contribution in [3.63, 3.8) is 0 Å². The van der Waals surface area contributed by atoms with Gasteiger partial charge >= 0.3 is 0 Å². The maximum Gasteiger partial charge on any atom is 0.237 e. The molecular weight excluding hydrogens is 188 g/mol. The van der Waals surface area contributed by atoms with Gasteiger partial charge in [0.05, 0.1) is 11.8 Å². The van der Waals surface area contributed by atoms with Gasteiger partial charge in [0.25, 0.3) is 0 Å². The van der Waals surface area contributed by atoms with Crippen LogP contribution in [0, 0.1) is 5.41 Å². The second-order valence-corrected chi connectivity index (χ2v) is 4.75. The molecule has 15 heavy (non-hydrogen) atoms. The normalized spacial score (nSPS) is 11.9. The van der Waals surface area contributed by atoms with E-state index in [-0.39, 0.29) is 11.2 Å². The second-order valence-electron chi connectivity index (χ2n) is 4.75. The van der Waals surface area contributed by atoms with Crippen molar-refractivity contribution in [3.8, 4) is 0 Å². The molecule has 0 aliphatic carbocycles. The lowest BCUT2D eigenvalue weighted by molar-refractivity contribution is -0.576. The highest BCUT2D eigenvalue weighted by Gasteiger charge is 2.24. The van der Waals surface area contributed by atoms with Crippen LogP contribution in [-0.4, -0.2) is 10.9 Å². The number of nitrogens with one attached hydrogen (secondary N) is 1. The SMILES string of the molecule is CC(C)(C)C(=O)c1ccc2cc[nH][n+]2c1. The van der Waals surface area contributed by atoms with E-state index in [4.69, 9.17) is 0 Å². The van der Waals surface area contributed by atoms with Crippen molar-refractivity contribution < 1.29 is 9.31 Å². The number of fused-ring (bicyclic) bond motifs is 1. The van der Waals surface area contributed by atoms with Crippen LogP contribution in [0.3, 0.4) is 0 Å². The van der Waals surface area contributed by atoms with Gasteiger partial charge in [0.1, 0.15) is 0 Å². The molecule has 0 saturated heterocycles. The molecule has 0 bridgehead atoms. The van der Waals surface area contributed by atoms with E-state index >= 15 is 0 Å². The number of rotatable bonds is 1. The van der Waals surface area contributed by atoms with Crippen molar-refractivity contribution in [1.29, 1.82) is 0 Å². The van der Waals surface area contributed by atoms with E-state index in [1.54, 1.807) is 0 Å². The van der Waals surface area contributed by atoms with Gasteiger partial charge in [-0.2, -0.15) is 5.10 Å². The summed E-state index contributed by atoms with van der Waals surface area (Å²) in [7, 11) is 0. The Bertz CT molecular complexity index is 506. The Morgan fingerprint density at radius 2 is 2.00 bits per heavy atom. The highest BCUT2D eigenvalue weighted by molar-refractivity contribution is 5.99. The van der Waals surface area contributed by atoms with E-state index in [1.807, 2.05) is 55.9 Å². The van der Waals surface area contributed by atoms with E-state index < -0.39 is 0 Å². The molecule has 0 saturated carbocycles. The van der Waals surface area contributed by atoms with Gasteiger partial charge in [0.2, 0.25) is 11.7 Å². The van der Waals surface area contributed by atoms with Crippen LogP contribution < -0.4 is 4.52 Å². The number of ketones is 1. The smallest absolute Gasteiger partial charge is 0.237 e. The number of pyridine rings is 1. The average molecular weight is 203 g/mol. The van der Waals surface area contributed by atoms with Crippen LogP contribution in [-0.2, 0) is 0 Å². The predicted octanol–water partition coefficient (Wildman–Crippen LogP) is 1.98. The summed E-state index contributed by atoms with van der Waals surface area (Å²) in [6.07, 6.45) is 3.68. The molecule has 2 rings (SSSR count). The third kappa shape index (κ3) is 1.77. The summed E-state index contributed by atoms with van der Waals surface area (Å²) >= 11 is 0. The van der Waals surface area contributed by atoms with E-state index in [1.165, 1.54) is 0 Å². The molecule has 0 fully saturated rings. The van der Waals surface area contributed by atoms with Gasteiger partial charge in [-0.25, -0.2) is 0 Å². The lowest BCUT2D eigenvalue weighted by atomic mass is 9.87. The quantitative estimate of drug-likeness (QED) is 0.558. The lowest BCUT2D eigenvalue weighted by Gasteiger charge is -2.14. The lowest BCUT2D eigenvalue weighted by Crippen LogP contribution is -2.27. The monoisotopic (exact) mass is 203 g/mol. The standard InChI is InChI=1S/C12H14N2O/c1-12(2,3)11(15)9-4-5-10-6-7-13-14(10)8-9/h4-8H,1-3H3/p+1. The Kier molecular flexibility index (Phi) is 2.11. The number of carbonyl (C=O) groups excluding carboxylic acids is 1. The Hall–Kier alpha value is -1.64. The number of hydrogen-bond donors (Lipinski definition) is 1. The summed E-state index contributed by atoms with van der Waals surface area (Å²) < 4.78 is 1.85. The third-order valence-corrected chi connectivity index (χ3v) is 2.39. The first kappa shape index (κ1) is 9.90. The van der Waals surface area contributed by atoms with Crippen molar-refractivity contribution in [2.24, 2.45) is 5.41 Å². The molecule has 0 unspecified atom stereocenters. The highest BCUT2D eigenvalue weighted by Crippen LogP contribution is 2.19. The molecule has 0 aliphatic heterocycles. The minimum atomic E-state index is -0.333. The van der Waals surface area contributed by atoms with Crippen LogP contribution >= 0.6 is 0 Å². The van der Waals surface area contributed by atoms with Gasteiger partial charge in [0, 0.05) is 17.5 Å². The predicted molar refractivity (Wildman–Crippen MR) is 57.7 cm³/mol. The molecule has 2 heterocycles. The highest BCUT2D eigenvalue weighted by atomic mass is 16.1. The second kappa shape index (κ2) is 3.19. The first-order chi connectivity index (χ1) is 6.98. The molecule has 3 heteroatoms. The van der Waals surface area contributed by atoms with Gasteiger partial charge in [-0.15, -0.1) is 0 Å². The third-order valence-electron chi connectivity index (χ3n) is 2.39. The van der Waals surface area contributed by atoms with Gasteiger partial charge in [-0.1, -0.05) is 25.3 Å². The summed E-state index contributed by atoms with van der Waals surface area (Å²) in [6.45, 7) is 5.79. The molecule has 1 N–H and O–H groups in total. The van der Waals surface area contributed by atoms with Crippen LogP contribution in [0.15, 0.2) is 30.6 Å². The first-order valence-electron chi connectivity index (χ1n) is 5.02. The number of Topliss-reactive ketones (excluding diaryl/α,β-unsaturated/α-hetero) is 1. The summed E-state index contributed by atoms with van der Waals surface area (Å²) in [5.41, 5.74) is 1.46. The maximum absolute atomic E-state index is 12.0. The molecule has 78 valence electrons. The largest absolute Gasteiger partial charge is 0.293 e. The number of aromatic amines is 1. The number of H-pyrrole nitrogens is 1. The molecule has 0 amide bonds. The number of aromatic nitrogens is 2. The fourth-order valence-electron chi connectivity index (χ4n) is 1.53. The van der Waals surface area contributed by atoms with Gasteiger partial charge in [-0.3, -0.25) is 4.79 Å². The van der Waals surface area contributed by atoms with E-state index in [9.17, 15) is 4.79 Å². The number of hydrogen-bond acceptors (Lipinski definition) is 1. The Morgan fingerprint density at radius 1 is 1.27 bits per heavy atom. The van der Waals surface area contributed by atoms with Crippen LogP contribution in [0.2, 0.25) is 0 Å². The average Bonchev–Trinajstić information content (AvgIpc) is 2.61. The Balaban J connectivity index is 2.49. The minimum absolute atomic E-state index is 0.159. The molecule has 0 aromatic carbocycles. The summed E-state index contributed by atoms with van der Waals surface area (Å²) in [4.78, 5) is 12.0. The van der Waals surface area contributed by atoms with Gasteiger partial charge < -0.3 is 0 Å². The van der Waals surface area contributed by atoms with E-state index in [0.29, 0.717) is 0 Å². The van der Waals surface area contributed by atoms with Crippen molar-refractivity contribution in [3.05, 3.63) is 36.2 Å². The summed E-state index contributed by atoms with van der Waals surface area (Å²) in [5, 5.41) is 3.03. The molecule has 3 nitrogen and oxygen atoms in total. The molecule has 0 aliphatic rings. The van der Waals surface area contributed by atoms with Crippen molar-refractivity contribution in [2.45, 2.75) is 20.8 Å².